The van der Waals surface area contributed by atoms with Crippen LogP contribution in [0.25, 0.3) is 0 Å². The second kappa shape index (κ2) is 10.3. The van der Waals surface area contributed by atoms with E-state index in [9.17, 15) is 19.7 Å². The molecule has 0 aliphatic carbocycles. The number of non-ortho nitro benzene ring substituents is 1. The predicted molar refractivity (Wildman–Crippen MR) is 133 cm³/mol. The van der Waals surface area contributed by atoms with Gasteiger partial charge in [-0.3, -0.25) is 19.7 Å². The van der Waals surface area contributed by atoms with Crippen molar-refractivity contribution in [2.24, 2.45) is 5.92 Å². The van der Waals surface area contributed by atoms with Gasteiger partial charge in [0.25, 0.3) is 11.6 Å². The van der Waals surface area contributed by atoms with Crippen LogP contribution in [0.2, 0.25) is 0 Å². The number of ether oxygens (including phenoxy) is 1. The first-order valence-electron chi connectivity index (χ1n) is 12.0. The van der Waals surface area contributed by atoms with Gasteiger partial charge in [0.1, 0.15) is 5.75 Å². The number of nitro groups is 1. The number of nitrogens with zero attached hydrogens (tertiary/aromatic N) is 4. The normalized spacial score (nSPS) is 20.5. The Balaban J connectivity index is 1.41. The molecule has 0 saturated carbocycles. The largest absolute Gasteiger partial charge is 0.496 e. The number of hydrogen-bond acceptors (Lipinski definition) is 6. The van der Waals surface area contributed by atoms with Crippen LogP contribution in [0.5, 0.6) is 5.75 Å². The number of benzene rings is 2. The number of carbonyl (C=O) groups is 2. The highest BCUT2D eigenvalue weighted by Gasteiger charge is 2.35. The zero-order chi connectivity index (χ0) is 25.1. The maximum Gasteiger partial charge on any atom is 0.273 e. The molecule has 2 fully saturated rings. The lowest BCUT2D eigenvalue weighted by atomic mass is 9.95. The summed E-state index contributed by atoms with van der Waals surface area (Å²) in [4.78, 5) is 43.1. The van der Waals surface area contributed by atoms with Crippen LogP contribution in [0.3, 0.4) is 0 Å². The third kappa shape index (κ3) is 5.23. The fourth-order valence-electron chi connectivity index (χ4n) is 5.11. The van der Waals surface area contributed by atoms with Crippen molar-refractivity contribution in [3.8, 4) is 5.75 Å². The highest BCUT2D eigenvalue weighted by Crippen LogP contribution is 2.29. The summed E-state index contributed by atoms with van der Waals surface area (Å²) in [6.07, 6.45) is 1.47. The minimum Gasteiger partial charge on any atom is -0.496 e. The monoisotopic (exact) mass is 480 g/mol. The SMILES string of the molecule is COc1cc([N+](=O)[O-])ccc1C(=O)N1CCC[C@H](C(=O)N2CCN(c3cccc(C)c3)C(C)C2)C1. The van der Waals surface area contributed by atoms with Crippen LogP contribution in [0, 0.1) is 23.0 Å². The van der Waals surface area contributed by atoms with Crippen LogP contribution in [-0.4, -0.2) is 72.4 Å². The van der Waals surface area contributed by atoms with Crippen LogP contribution in [0.4, 0.5) is 11.4 Å². The quantitative estimate of drug-likeness (QED) is 0.480. The molecular weight excluding hydrogens is 448 g/mol. The van der Waals surface area contributed by atoms with E-state index in [0.29, 0.717) is 26.2 Å². The third-order valence-corrected chi connectivity index (χ3v) is 6.96. The average molecular weight is 481 g/mol. The molecule has 186 valence electrons. The molecule has 2 heterocycles. The number of piperazine rings is 1. The van der Waals surface area contributed by atoms with Gasteiger partial charge >= 0.3 is 0 Å². The van der Waals surface area contributed by atoms with Crippen molar-refractivity contribution >= 4 is 23.2 Å². The van der Waals surface area contributed by atoms with E-state index in [1.807, 2.05) is 4.90 Å². The highest BCUT2D eigenvalue weighted by molar-refractivity contribution is 5.97. The van der Waals surface area contributed by atoms with Crippen molar-refractivity contribution in [3.05, 3.63) is 63.7 Å². The van der Waals surface area contributed by atoms with Crippen LogP contribution < -0.4 is 9.64 Å². The fraction of sp³-hybridized carbons (Fsp3) is 0.462. The number of hydrogen-bond donors (Lipinski definition) is 0. The first-order chi connectivity index (χ1) is 16.8. The smallest absolute Gasteiger partial charge is 0.273 e. The number of likely N-dealkylation sites (tertiary alicyclic amines) is 1. The lowest BCUT2D eigenvalue weighted by molar-refractivity contribution is -0.384. The van der Waals surface area contributed by atoms with Crippen LogP contribution >= 0.6 is 0 Å². The van der Waals surface area contributed by atoms with Crippen molar-refractivity contribution in [3.63, 3.8) is 0 Å². The van der Waals surface area contributed by atoms with E-state index in [0.717, 1.165) is 19.4 Å². The zero-order valence-electron chi connectivity index (χ0n) is 20.5. The van der Waals surface area contributed by atoms with Gasteiger partial charge in [-0.25, -0.2) is 0 Å². The predicted octanol–water partition coefficient (Wildman–Crippen LogP) is 3.50. The number of amides is 2. The topological polar surface area (TPSA) is 96.2 Å². The maximum atomic E-state index is 13.4. The van der Waals surface area contributed by atoms with E-state index in [-0.39, 0.29) is 40.8 Å². The Morgan fingerprint density at radius 2 is 1.86 bits per heavy atom. The van der Waals surface area contributed by atoms with Crippen molar-refractivity contribution in [1.29, 1.82) is 0 Å². The van der Waals surface area contributed by atoms with Gasteiger partial charge in [-0.1, -0.05) is 12.1 Å². The molecule has 4 rings (SSSR count). The summed E-state index contributed by atoms with van der Waals surface area (Å²) in [6, 6.07) is 12.6. The summed E-state index contributed by atoms with van der Waals surface area (Å²) in [5, 5.41) is 11.1. The summed E-state index contributed by atoms with van der Waals surface area (Å²) in [5.74, 6) is -0.269. The molecule has 2 aliphatic rings. The minimum atomic E-state index is -0.522. The van der Waals surface area contributed by atoms with Crippen molar-refractivity contribution < 1.29 is 19.2 Å². The minimum absolute atomic E-state index is 0.0916. The van der Waals surface area contributed by atoms with E-state index < -0.39 is 4.92 Å². The summed E-state index contributed by atoms with van der Waals surface area (Å²) >= 11 is 0. The van der Waals surface area contributed by atoms with Crippen LogP contribution in [-0.2, 0) is 4.79 Å². The Bertz CT molecular complexity index is 1120. The summed E-state index contributed by atoms with van der Waals surface area (Å²) in [5.41, 5.74) is 2.52. The molecule has 0 aromatic heterocycles. The van der Waals surface area contributed by atoms with Crippen LogP contribution in [0.15, 0.2) is 42.5 Å². The molecule has 2 amide bonds. The highest BCUT2D eigenvalue weighted by atomic mass is 16.6. The molecule has 2 aromatic carbocycles. The van der Waals surface area contributed by atoms with Gasteiger partial charge in [-0.2, -0.15) is 0 Å². The molecule has 1 unspecified atom stereocenters. The maximum absolute atomic E-state index is 13.4. The molecule has 0 N–H and O–H groups in total. The summed E-state index contributed by atoms with van der Waals surface area (Å²) in [6.45, 7) is 7.16. The van der Waals surface area contributed by atoms with Gasteiger partial charge in [0, 0.05) is 50.5 Å². The Labute approximate surface area is 205 Å². The Hall–Kier alpha value is -3.62. The molecule has 9 heteroatoms. The molecule has 0 spiro atoms. The van der Waals surface area contributed by atoms with Gasteiger partial charge in [-0.05, 0) is 50.5 Å². The molecule has 2 aliphatic heterocycles. The number of carbonyl (C=O) groups excluding carboxylic acids is 2. The standard InChI is InChI=1S/C26H32N4O5/c1-18-6-4-8-21(14-18)29-13-12-28(16-19(29)2)25(31)20-7-5-11-27(17-20)26(32)23-10-9-22(30(33)34)15-24(23)35-3/h4,6,8-10,14-15,19-20H,5,7,11-13,16-17H2,1-3H3/t19?,20-/m0/s1. The van der Waals surface area contributed by atoms with Crippen LogP contribution in [0.1, 0.15) is 35.7 Å². The molecule has 9 nitrogen and oxygen atoms in total. The number of piperidine rings is 1. The van der Waals surface area contributed by atoms with Gasteiger partial charge in [-0.15, -0.1) is 0 Å². The number of rotatable bonds is 5. The van der Waals surface area contributed by atoms with Crippen molar-refractivity contribution in [2.45, 2.75) is 32.7 Å². The summed E-state index contributed by atoms with van der Waals surface area (Å²) < 4.78 is 5.25. The van der Waals surface area contributed by atoms with E-state index in [1.54, 1.807) is 4.90 Å². The number of methoxy groups -OCH3 is 1. The number of nitro benzene ring substituents is 1. The molecule has 2 atom stereocenters. The average Bonchev–Trinajstić information content (AvgIpc) is 2.87. The third-order valence-electron chi connectivity index (χ3n) is 6.96. The molecule has 2 saturated heterocycles. The molecule has 0 bridgehead atoms. The zero-order valence-corrected chi connectivity index (χ0v) is 20.5. The molecule has 0 radical (unpaired) electrons. The first kappa shape index (κ1) is 24.5. The van der Waals surface area contributed by atoms with E-state index >= 15 is 0 Å². The molecule has 2 aromatic rings. The Morgan fingerprint density at radius 1 is 1.06 bits per heavy atom. The van der Waals surface area contributed by atoms with Gasteiger partial charge in [0.05, 0.1) is 29.6 Å². The second-order valence-electron chi connectivity index (χ2n) is 9.40. The van der Waals surface area contributed by atoms with Crippen molar-refractivity contribution in [1.82, 2.24) is 9.80 Å². The number of anilines is 1. The summed E-state index contributed by atoms with van der Waals surface area (Å²) in [7, 11) is 1.38. The second-order valence-corrected chi connectivity index (χ2v) is 9.40. The lowest BCUT2D eigenvalue weighted by Crippen LogP contribution is -2.56. The van der Waals surface area contributed by atoms with Gasteiger partial charge < -0.3 is 19.4 Å². The van der Waals surface area contributed by atoms with E-state index in [4.69, 9.17) is 4.74 Å². The Kier molecular flexibility index (Phi) is 7.23. The lowest BCUT2D eigenvalue weighted by Gasteiger charge is -2.43. The molecular formula is C26H32N4O5. The number of aryl methyl sites for hydroxylation is 1. The van der Waals surface area contributed by atoms with Gasteiger partial charge in [0.2, 0.25) is 5.91 Å². The van der Waals surface area contributed by atoms with Crippen molar-refractivity contribution in [2.75, 3.05) is 44.7 Å². The van der Waals surface area contributed by atoms with E-state index in [1.165, 1.54) is 36.6 Å². The Morgan fingerprint density at radius 3 is 2.54 bits per heavy atom. The van der Waals surface area contributed by atoms with Gasteiger partial charge in [0.15, 0.2) is 0 Å². The molecule has 35 heavy (non-hydrogen) atoms. The van der Waals surface area contributed by atoms with E-state index in [2.05, 4.69) is 43.0 Å². The fourth-order valence-corrected chi connectivity index (χ4v) is 5.11. The first-order valence-corrected chi connectivity index (χ1v) is 12.0.